The van der Waals surface area contributed by atoms with E-state index in [9.17, 15) is 4.79 Å². The number of halogens is 1. The van der Waals surface area contributed by atoms with Gasteiger partial charge in [-0.15, -0.1) is 11.8 Å². The lowest BCUT2D eigenvalue weighted by molar-refractivity contribution is 0.0951. The van der Waals surface area contributed by atoms with Gasteiger partial charge in [0.05, 0.1) is 29.0 Å². The number of carbonyl (C=O) groups excluding carboxylic acids is 1. The molecule has 1 aromatic carbocycles. The summed E-state index contributed by atoms with van der Waals surface area (Å²) in [4.78, 5) is 12.6. The number of Topliss-reactive ketones (excluding diaryl/α,β-unsaturated/α-hetero) is 1. The first-order chi connectivity index (χ1) is 8.42. The Kier molecular flexibility index (Phi) is 3.65. The standard InChI is InChI=1S/C13H15BrO3S/c1-13(2)12(15)10-7(6-18-13)9(16-3)5-8(14)11(10)17-4/h5H,6H2,1-4H3. The van der Waals surface area contributed by atoms with E-state index in [0.717, 1.165) is 21.5 Å². The zero-order chi connectivity index (χ0) is 13.5. The highest BCUT2D eigenvalue weighted by molar-refractivity contribution is 9.10. The number of methoxy groups -OCH3 is 2. The molecule has 0 aromatic heterocycles. The maximum atomic E-state index is 12.6. The molecule has 3 nitrogen and oxygen atoms in total. The maximum Gasteiger partial charge on any atom is 0.182 e. The number of benzene rings is 1. The van der Waals surface area contributed by atoms with Crippen molar-refractivity contribution in [3.05, 3.63) is 21.7 Å². The monoisotopic (exact) mass is 330 g/mol. The summed E-state index contributed by atoms with van der Waals surface area (Å²) in [6.07, 6.45) is 0. The minimum atomic E-state index is -0.425. The average Bonchev–Trinajstić information content (AvgIpc) is 2.33. The van der Waals surface area contributed by atoms with Crippen LogP contribution in [0.1, 0.15) is 29.8 Å². The Morgan fingerprint density at radius 2 is 2.00 bits per heavy atom. The van der Waals surface area contributed by atoms with Crippen LogP contribution in [0.25, 0.3) is 0 Å². The second-order valence-corrected chi connectivity index (χ2v) is 7.03. The van der Waals surface area contributed by atoms with E-state index in [-0.39, 0.29) is 5.78 Å². The molecule has 98 valence electrons. The SMILES string of the molecule is COc1cc(Br)c(OC)c2c1CSC(C)(C)C2=O. The summed E-state index contributed by atoms with van der Waals surface area (Å²) in [6, 6.07) is 1.85. The topological polar surface area (TPSA) is 35.5 Å². The van der Waals surface area contributed by atoms with Crippen molar-refractivity contribution in [1.82, 2.24) is 0 Å². The van der Waals surface area contributed by atoms with Crippen LogP contribution in [-0.2, 0) is 5.75 Å². The number of hydrogen-bond acceptors (Lipinski definition) is 4. The molecular formula is C13H15BrO3S. The molecule has 0 radical (unpaired) electrons. The molecule has 0 unspecified atom stereocenters. The number of fused-ring (bicyclic) bond motifs is 1. The molecule has 0 N–H and O–H groups in total. The van der Waals surface area contributed by atoms with E-state index < -0.39 is 4.75 Å². The van der Waals surface area contributed by atoms with Gasteiger partial charge in [0.2, 0.25) is 0 Å². The van der Waals surface area contributed by atoms with Crippen LogP contribution >= 0.6 is 27.7 Å². The number of ether oxygens (including phenoxy) is 2. The summed E-state index contributed by atoms with van der Waals surface area (Å²) in [7, 11) is 3.19. The van der Waals surface area contributed by atoms with Gasteiger partial charge in [-0.2, -0.15) is 0 Å². The van der Waals surface area contributed by atoms with Crippen molar-refractivity contribution in [2.24, 2.45) is 0 Å². The lowest BCUT2D eigenvalue weighted by Crippen LogP contribution is -2.33. The maximum absolute atomic E-state index is 12.6. The first kappa shape index (κ1) is 13.7. The van der Waals surface area contributed by atoms with E-state index in [1.807, 2.05) is 19.9 Å². The van der Waals surface area contributed by atoms with Crippen molar-refractivity contribution in [1.29, 1.82) is 0 Å². The van der Waals surface area contributed by atoms with Crippen LogP contribution in [-0.4, -0.2) is 24.7 Å². The highest BCUT2D eigenvalue weighted by atomic mass is 79.9. The van der Waals surface area contributed by atoms with Crippen LogP contribution in [0.3, 0.4) is 0 Å². The van der Waals surface area contributed by atoms with Crippen molar-refractivity contribution >= 4 is 33.5 Å². The quantitative estimate of drug-likeness (QED) is 0.828. The van der Waals surface area contributed by atoms with Crippen molar-refractivity contribution in [3.63, 3.8) is 0 Å². The average molecular weight is 331 g/mol. The van der Waals surface area contributed by atoms with Gasteiger partial charge in [-0.05, 0) is 35.8 Å². The number of rotatable bonds is 2. The highest BCUT2D eigenvalue weighted by Crippen LogP contribution is 2.47. The minimum Gasteiger partial charge on any atom is -0.496 e. The lowest BCUT2D eigenvalue weighted by Gasteiger charge is -2.31. The summed E-state index contributed by atoms with van der Waals surface area (Å²) >= 11 is 5.05. The molecule has 0 saturated heterocycles. The van der Waals surface area contributed by atoms with Gasteiger partial charge in [-0.25, -0.2) is 0 Å². The summed E-state index contributed by atoms with van der Waals surface area (Å²) in [5.41, 5.74) is 1.57. The third kappa shape index (κ3) is 2.03. The molecule has 0 bridgehead atoms. The van der Waals surface area contributed by atoms with Crippen LogP contribution < -0.4 is 9.47 Å². The lowest BCUT2D eigenvalue weighted by atomic mass is 9.94. The van der Waals surface area contributed by atoms with Crippen molar-refractivity contribution in [2.75, 3.05) is 14.2 Å². The van der Waals surface area contributed by atoms with E-state index in [1.54, 1.807) is 26.0 Å². The summed E-state index contributed by atoms with van der Waals surface area (Å²) in [6.45, 7) is 3.88. The molecule has 1 aliphatic rings. The zero-order valence-corrected chi connectivity index (χ0v) is 13.2. The Morgan fingerprint density at radius 3 is 2.56 bits per heavy atom. The predicted molar refractivity (Wildman–Crippen MR) is 77.0 cm³/mol. The molecule has 0 spiro atoms. The molecule has 0 fully saturated rings. The van der Waals surface area contributed by atoms with Gasteiger partial charge in [-0.1, -0.05) is 0 Å². The smallest absolute Gasteiger partial charge is 0.182 e. The molecule has 18 heavy (non-hydrogen) atoms. The van der Waals surface area contributed by atoms with Crippen LogP contribution in [0.2, 0.25) is 0 Å². The first-order valence-electron chi connectivity index (χ1n) is 5.54. The van der Waals surface area contributed by atoms with Gasteiger partial charge in [0.15, 0.2) is 5.78 Å². The minimum absolute atomic E-state index is 0.0881. The highest BCUT2D eigenvalue weighted by Gasteiger charge is 2.39. The van der Waals surface area contributed by atoms with Crippen molar-refractivity contribution < 1.29 is 14.3 Å². The van der Waals surface area contributed by atoms with Crippen molar-refractivity contribution in [3.8, 4) is 11.5 Å². The Hall–Kier alpha value is -0.680. The number of ketones is 1. The fraction of sp³-hybridized carbons (Fsp3) is 0.462. The molecule has 1 aliphatic heterocycles. The second kappa shape index (κ2) is 4.78. The third-order valence-electron chi connectivity index (χ3n) is 3.08. The molecule has 1 aromatic rings. The van der Waals surface area contributed by atoms with Crippen LogP contribution in [0.15, 0.2) is 10.5 Å². The molecule has 2 rings (SSSR count). The Morgan fingerprint density at radius 1 is 1.33 bits per heavy atom. The summed E-state index contributed by atoms with van der Waals surface area (Å²) < 4.78 is 11.1. The zero-order valence-electron chi connectivity index (χ0n) is 10.8. The normalized spacial score (nSPS) is 17.3. The Balaban J connectivity index is 2.73. The molecule has 0 aliphatic carbocycles. The first-order valence-corrected chi connectivity index (χ1v) is 7.32. The summed E-state index contributed by atoms with van der Waals surface area (Å²) in [5.74, 6) is 2.17. The van der Waals surface area contributed by atoms with E-state index >= 15 is 0 Å². The molecule has 0 saturated carbocycles. The molecule has 1 heterocycles. The van der Waals surface area contributed by atoms with E-state index in [1.165, 1.54) is 0 Å². The van der Waals surface area contributed by atoms with Gasteiger partial charge >= 0.3 is 0 Å². The summed E-state index contributed by atoms with van der Waals surface area (Å²) in [5, 5.41) is 0. The number of thioether (sulfide) groups is 1. The van der Waals surface area contributed by atoms with E-state index in [0.29, 0.717) is 11.3 Å². The van der Waals surface area contributed by atoms with Crippen LogP contribution in [0, 0.1) is 0 Å². The molecule has 0 amide bonds. The van der Waals surface area contributed by atoms with E-state index in [4.69, 9.17) is 9.47 Å². The van der Waals surface area contributed by atoms with Gasteiger partial charge < -0.3 is 9.47 Å². The van der Waals surface area contributed by atoms with Gasteiger partial charge in [0, 0.05) is 11.3 Å². The van der Waals surface area contributed by atoms with Gasteiger partial charge in [0.25, 0.3) is 0 Å². The van der Waals surface area contributed by atoms with Crippen LogP contribution in [0.5, 0.6) is 11.5 Å². The number of hydrogen-bond donors (Lipinski definition) is 0. The largest absolute Gasteiger partial charge is 0.496 e. The second-order valence-electron chi connectivity index (χ2n) is 4.58. The van der Waals surface area contributed by atoms with E-state index in [2.05, 4.69) is 15.9 Å². The number of carbonyl (C=O) groups is 1. The molecular weight excluding hydrogens is 316 g/mol. The van der Waals surface area contributed by atoms with Crippen molar-refractivity contribution in [2.45, 2.75) is 24.3 Å². The van der Waals surface area contributed by atoms with Crippen LogP contribution in [0.4, 0.5) is 0 Å². The third-order valence-corrected chi connectivity index (χ3v) is 5.01. The fourth-order valence-corrected chi connectivity index (χ4v) is 3.62. The Labute approximate surface area is 119 Å². The fourth-order valence-electron chi connectivity index (χ4n) is 2.03. The predicted octanol–water partition coefficient (Wildman–Crippen LogP) is 3.67. The molecule has 0 atom stereocenters. The molecule has 5 heteroatoms. The Bertz CT molecular complexity index is 511. The van der Waals surface area contributed by atoms with Gasteiger partial charge in [0.1, 0.15) is 11.5 Å². The van der Waals surface area contributed by atoms with Gasteiger partial charge in [-0.3, -0.25) is 4.79 Å².